The van der Waals surface area contributed by atoms with Gasteiger partial charge in [0.2, 0.25) is 5.66 Å². The minimum atomic E-state index is -1.82. The summed E-state index contributed by atoms with van der Waals surface area (Å²) in [4.78, 5) is 25.3. The second kappa shape index (κ2) is 8.11. The van der Waals surface area contributed by atoms with E-state index < -0.39 is 48.8 Å². The van der Waals surface area contributed by atoms with E-state index in [1.165, 1.54) is 12.3 Å². The molecule has 2 amide bonds. The lowest BCUT2D eigenvalue weighted by Crippen LogP contribution is -2.66. The topological polar surface area (TPSA) is 155 Å². The Labute approximate surface area is 145 Å². The lowest BCUT2D eigenvalue weighted by Gasteiger charge is -2.36. The molecule has 2 rings (SSSR count). The van der Waals surface area contributed by atoms with Crippen molar-refractivity contribution in [2.45, 2.75) is 56.4 Å². The van der Waals surface area contributed by atoms with E-state index in [2.05, 4.69) is 5.32 Å². The highest BCUT2D eigenvalue weighted by Gasteiger charge is 2.49. The number of rotatable bonds is 7. The molecule has 1 unspecified atom stereocenters. The average molecular weight is 359 g/mol. The van der Waals surface area contributed by atoms with E-state index in [4.69, 9.17) is 20.3 Å². The number of nitrogens with two attached hydrogens (primary N) is 1. The molecule has 0 radical (unpaired) electrons. The average Bonchev–Trinajstić information content (AvgIpc) is 2.86. The van der Waals surface area contributed by atoms with Crippen molar-refractivity contribution in [3.8, 4) is 0 Å². The first-order valence-electron chi connectivity index (χ1n) is 8.22. The van der Waals surface area contributed by atoms with E-state index in [-0.39, 0.29) is 6.61 Å². The Kier molecular flexibility index (Phi) is 6.36. The number of hydrogen-bond acceptors (Lipinski definition) is 8. The fourth-order valence-electron chi connectivity index (χ4n) is 2.61. The number of urea groups is 1. The van der Waals surface area contributed by atoms with Crippen molar-refractivity contribution in [2.24, 2.45) is 5.73 Å². The van der Waals surface area contributed by atoms with Crippen molar-refractivity contribution >= 4 is 12.0 Å². The van der Waals surface area contributed by atoms with E-state index in [1.54, 1.807) is 0 Å². The molecule has 1 saturated heterocycles. The molecule has 6 N–H and O–H groups in total. The quantitative estimate of drug-likeness (QED) is 0.268. The number of nitrogens with one attached hydrogen (secondary N) is 1. The largest absolute Gasteiger partial charge is 0.463 e. The number of nitrogens with zero attached hydrogens (tertiary/aromatic N) is 1. The van der Waals surface area contributed by atoms with Gasteiger partial charge >= 0.3 is 12.0 Å². The van der Waals surface area contributed by atoms with Gasteiger partial charge in [-0.2, -0.15) is 0 Å². The number of aliphatic hydroxyl groups excluding tert-OH is 3. The van der Waals surface area contributed by atoms with E-state index in [0.717, 1.165) is 17.7 Å². The molecule has 5 atom stereocenters. The van der Waals surface area contributed by atoms with Crippen LogP contribution in [-0.2, 0) is 14.3 Å². The summed E-state index contributed by atoms with van der Waals surface area (Å²) in [7, 11) is 0. The summed E-state index contributed by atoms with van der Waals surface area (Å²) < 4.78 is 10.3. The predicted octanol–water partition coefficient (Wildman–Crippen LogP) is -1.65. The molecule has 0 aromatic rings. The normalized spacial score (nSPS) is 34.9. The standard InChI is InChI=1S/C15H25N3O7/c1-2-3-4-7-24-13(22)15(16)5-6-18(14(23)17-15)12-11(21)10(20)9(8-19)25-12/h5-6,9-12,19-21H,2-4,7-8,16H2,1H3,(H,17,23)/t9-,10-,11-,12-,15?/m1/s1. The summed E-state index contributed by atoms with van der Waals surface area (Å²) in [5.41, 5.74) is 4.05. The first kappa shape index (κ1) is 19.6. The van der Waals surface area contributed by atoms with Crippen LogP contribution in [0.2, 0.25) is 0 Å². The first-order valence-corrected chi connectivity index (χ1v) is 8.22. The summed E-state index contributed by atoms with van der Waals surface area (Å²) >= 11 is 0. The molecule has 0 bridgehead atoms. The molecule has 25 heavy (non-hydrogen) atoms. The molecule has 0 aromatic carbocycles. The van der Waals surface area contributed by atoms with Crippen molar-refractivity contribution < 1.29 is 34.4 Å². The van der Waals surface area contributed by atoms with Crippen LogP contribution < -0.4 is 11.1 Å². The van der Waals surface area contributed by atoms with Crippen LogP contribution in [0.3, 0.4) is 0 Å². The van der Waals surface area contributed by atoms with Crippen LogP contribution in [-0.4, -0.2) is 75.6 Å². The fourth-order valence-corrected chi connectivity index (χ4v) is 2.61. The second-order valence-corrected chi connectivity index (χ2v) is 6.09. The maximum absolute atomic E-state index is 12.3. The highest BCUT2D eigenvalue weighted by atomic mass is 16.6. The van der Waals surface area contributed by atoms with Crippen molar-refractivity contribution in [1.29, 1.82) is 0 Å². The van der Waals surface area contributed by atoms with E-state index in [1.807, 2.05) is 6.92 Å². The molecule has 2 heterocycles. The maximum Gasteiger partial charge on any atom is 0.351 e. The van der Waals surface area contributed by atoms with E-state index in [0.29, 0.717) is 6.42 Å². The van der Waals surface area contributed by atoms with E-state index in [9.17, 15) is 19.8 Å². The Morgan fingerprint density at radius 2 is 2.16 bits per heavy atom. The molecule has 1 fully saturated rings. The van der Waals surface area contributed by atoms with Crippen LogP contribution in [0.5, 0.6) is 0 Å². The summed E-state index contributed by atoms with van der Waals surface area (Å²) in [6, 6.07) is -0.801. The lowest BCUT2D eigenvalue weighted by atomic mass is 10.1. The predicted molar refractivity (Wildman–Crippen MR) is 84.7 cm³/mol. The molecule has 10 nitrogen and oxygen atoms in total. The van der Waals surface area contributed by atoms with Gasteiger partial charge in [0.15, 0.2) is 6.23 Å². The third-order valence-corrected chi connectivity index (χ3v) is 4.16. The summed E-state index contributed by atoms with van der Waals surface area (Å²) in [5, 5.41) is 31.1. The van der Waals surface area contributed by atoms with Gasteiger partial charge in [0, 0.05) is 6.20 Å². The molecule has 0 saturated carbocycles. The van der Waals surface area contributed by atoms with Crippen molar-refractivity contribution in [1.82, 2.24) is 10.2 Å². The number of carbonyl (C=O) groups excluding carboxylic acids is 2. The maximum atomic E-state index is 12.3. The van der Waals surface area contributed by atoms with Gasteiger partial charge in [0.05, 0.1) is 13.2 Å². The number of amides is 2. The number of hydrogen-bond donors (Lipinski definition) is 5. The van der Waals surface area contributed by atoms with Gasteiger partial charge < -0.3 is 30.1 Å². The molecule has 2 aliphatic rings. The number of carbonyl (C=O) groups is 2. The van der Waals surface area contributed by atoms with Gasteiger partial charge in [0.25, 0.3) is 0 Å². The van der Waals surface area contributed by atoms with Crippen molar-refractivity contribution in [2.75, 3.05) is 13.2 Å². The summed E-state index contributed by atoms with van der Waals surface area (Å²) in [5.74, 6) is -0.797. The summed E-state index contributed by atoms with van der Waals surface area (Å²) in [6.07, 6.45) is -0.0125. The van der Waals surface area contributed by atoms with Gasteiger partial charge in [-0.3, -0.25) is 10.6 Å². The first-order chi connectivity index (χ1) is 11.8. The lowest BCUT2D eigenvalue weighted by molar-refractivity contribution is -0.149. The zero-order valence-corrected chi connectivity index (χ0v) is 14.0. The van der Waals surface area contributed by atoms with Crippen LogP contribution >= 0.6 is 0 Å². The monoisotopic (exact) mass is 359 g/mol. The van der Waals surface area contributed by atoms with Crippen LogP contribution in [0.25, 0.3) is 0 Å². The van der Waals surface area contributed by atoms with Gasteiger partial charge in [-0.25, -0.2) is 9.59 Å². The van der Waals surface area contributed by atoms with Gasteiger partial charge in [-0.15, -0.1) is 0 Å². The zero-order valence-electron chi connectivity index (χ0n) is 14.0. The summed E-state index contributed by atoms with van der Waals surface area (Å²) in [6.45, 7) is 1.70. The highest BCUT2D eigenvalue weighted by molar-refractivity contribution is 5.90. The Bertz CT molecular complexity index is 529. The molecular formula is C15H25N3O7. The molecule has 142 valence electrons. The number of aliphatic hydroxyl groups is 3. The van der Waals surface area contributed by atoms with E-state index >= 15 is 0 Å². The molecule has 0 aromatic heterocycles. The Balaban J connectivity index is 2.02. The third kappa shape index (κ3) is 4.10. The third-order valence-electron chi connectivity index (χ3n) is 4.16. The van der Waals surface area contributed by atoms with Crippen molar-refractivity contribution in [3.63, 3.8) is 0 Å². The van der Waals surface area contributed by atoms with Crippen LogP contribution in [0.1, 0.15) is 26.2 Å². The van der Waals surface area contributed by atoms with Crippen LogP contribution in [0.4, 0.5) is 4.79 Å². The highest BCUT2D eigenvalue weighted by Crippen LogP contribution is 2.26. The molecule has 0 spiro atoms. The molecule has 10 heteroatoms. The van der Waals surface area contributed by atoms with Crippen LogP contribution in [0, 0.1) is 0 Å². The second-order valence-electron chi connectivity index (χ2n) is 6.09. The zero-order chi connectivity index (χ0) is 18.6. The minimum absolute atomic E-state index is 0.202. The smallest absolute Gasteiger partial charge is 0.351 e. The van der Waals surface area contributed by atoms with Gasteiger partial charge in [-0.05, 0) is 12.5 Å². The van der Waals surface area contributed by atoms with Crippen molar-refractivity contribution in [3.05, 3.63) is 12.3 Å². The Morgan fingerprint density at radius 1 is 1.44 bits per heavy atom. The minimum Gasteiger partial charge on any atom is -0.463 e. The Morgan fingerprint density at radius 3 is 2.72 bits per heavy atom. The van der Waals surface area contributed by atoms with Gasteiger partial charge in [0.1, 0.15) is 18.3 Å². The molecule has 0 aliphatic carbocycles. The number of esters is 1. The SMILES string of the molecule is CCCCCOC(=O)C1(N)C=CN([C@@H]2O[C@H](CO)[C@@H](O)[C@H]2O)C(=O)N1. The Hall–Kier alpha value is -1.72. The number of ether oxygens (including phenoxy) is 2. The molecule has 2 aliphatic heterocycles. The molecular weight excluding hydrogens is 334 g/mol. The van der Waals surface area contributed by atoms with Gasteiger partial charge in [-0.1, -0.05) is 19.8 Å². The number of unbranched alkanes of at least 4 members (excludes halogenated alkanes) is 2. The fraction of sp³-hybridized carbons (Fsp3) is 0.733. The van der Waals surface area contributed by atoms with Crippen LogP contribution in [0.15, 0.2) is 12.3 Å².